The molecule has 0 bridgehead atoms. The number of thioether (sulfide) groups is 1. The molecule has 0 saturated heterocycles. The van der Waals surface area contributed by atoms with Crippen LogP contribution in [0.2, 0.25) is 0 Å². The van der Waals surface area contributed by atoms with Crippen molar-refractivity contribution in [3.63, 3.8) is 0 Å². The van der Waals surface area contributed by atoms with Crippen LogP contribution in [0.3, 0.4) is 0 Å². The lowest BCUT2D eigenvalue weighted by atomic mass is 9.82. The van der Waals surface area contributed by atoms with Gasteiger partial charge >= 0.3 is 0 Å². The Labute approximate surface area is 366 Å². The van der Waals surface area contributed by atoms with Gasteiger partial charge < -0.3 is 35.8 Å². The van der Waals surface area contributed by atoms with E-state index in [-0.39, 0.29) is 11.0 Å². The molecule has 62 heavy (non-hydrogen) atoms. The topological polar surface area (TPSA) is 132 Å². The summed E-state index contributed by atoms with van der Waals surface area (Å²) in [5.74, 6) is -4.31. The Morgan fingerprint density at radius 1 is 0.710 bits per heavy atom. The van der Waals surface area contributed by atoms with Crippen molar-refractivity contribution in [1.29, 1.82) is 0 Å². The average Bonchev–Trinajstić information content (AvgIpc) is 3.71. The van der Waals surface area contributed by atoms with Gasteiger partial charge in [-0.3, -0.25) is 0 Å². The van der Waals surface area contributed by atoms with Crippen LogP contribution in [0.15, 0.2) is 169 Å². The Bertz CT molecular complexity index is 2980. The highest BCUT2D eigenvalue weighted by Gasteiger charge is 2.35. The van der Waals surface area contributed by atoms with Gasteiger partial charge in [-0.1, -0.05) is 141 Å². The lowest BCUT2D eigenvalue weighted by Crippen LogP contribution is -2.14. The Balaban J connectivity index is 0.000000203. The van der Waals surface area contributed by atoms with Gasteiger partial charge in [-0.25, -0.2) is 0 Å². The highest BCUT2D eigenvalue weighted by Crippen LogP contribution is 2.54. The van der Waals surface area contributed by atoms with Crippen LogP contribution in [0, 0.1) is 6.92 Å². The minimum Gasteiger partial charge on any atom is -0.504 e. The van der Waals surface area contributed by atoms with Crippen molar-refractivity contribution in [3.05, 3.63) is 198 Å². The number of allylic oxidation sites excluding steroid dienone is 8. The van der Waals surface area contributed by atoms with E-state index in [1.54, 1.807) is 29.8 Å². The van der Waals surface area contributed by atoms with Gasteiger partial charge in [0.05, 0.1) is 16.6 Å². The summed E-state index contributed by atoms with van der Waals surface area (Å²) in [7, 11) is 0. The first-order valence-corrected chi connectivity index (χ1v) is 21.1. The lowest BCUT2D eigenvalue weighted by Gasteiger charge is -2.21. The number of rotatable bonds is 5. The van der Waals surface area contributed by atoms with Crippen molar-refractivity contribution in [3.8, 4) is 45.6 Å². The van der Waals surface area contributed by atoms with Gasteiger partial charge in [0.1, 0.15) is 0 Å². The number of nitrogens with zero attached hydrogens (tertiary/aromatic N) is 1. The number of benzene rings is 6. The van der Waals surface area contributed by atoms with Crippen molar-refractivity contribution in [2.24, 2.45) is 5.73 Å². The molecule has 312 valence electrons. The van der Waals surface area contributed by atoms with Crippen molar-refractivity contribution in [2.45, 2.75) is 44.4 Å². The molecule has 2 heterocycles. The number of fused-ring (bicyclic) bond motifs is 8. The summed E-state index contributed by atoms with van der Waals surface area (Å²) in [5, 5.41) is 54.9. The summed E-state index contributed by atoms with van der Waals surface area (Å²) < 4.78 is 2.23. The maximum absolute atomic E-state index is 10.5. The first-order chi connectivity index (χ1) is 29.8. The lowest BCUT2D eigenvalue weighted by molar-refractivity contribution is 0.327. The summed E-state index contributed by atoms with van der Waals surface area (Å²) in [6.45, 7) is 16.2. The van der Waals surface area contributed by atoms with Gasteiger partial charge in [-0.2, -0.15) is 0 Å². The highest BCUT2D eigenvalue weighted by molar-refractivity contribution is 8.02. The molecule has 0 spiro atoms. The number of aromatic nitrogens is 1. The first-order valence-electron chi connectivity index (χ1n) is 20.2. The van der Waals surface area contributed by atoms with Gasteiger partial charge in [-0.05, 0) is 112 Å². The van der Waals surface area contributed by atoms with Gasteiger partial charge in [0.2, 0.25) is 17.2 Å². The molecule has 7 N–H and O–H groups in total. The minimum absolute atomic E-state index is 0.0998. The maximum Gasteiger partial charge on any atom is 0.208 e. The van der Waals surface area contributed by atoms with Crippen LogP contribution in [-0.4, -0.2) is 30.1 Å². The molecule has 7 nitrogen and oxygen atoms in total. The molecule has 1 aliphatic heterocycles. The zero-order chi connectivity index (χ0) is 44.3. The summed E-state index contributed by atoms with van der Waals surface area (Å²) in [6.07, 6.45) is 13.6. The van der Waals surface area contributed by atoms with Crippen LogP contribution < -0.4 is 5.73 Å². The third-order valence-electron chi connectivity index (χ3n) is 11.2. The van der Waals surface area contributed by atoms with Gasteiger partial charge in [0.25, 0.3) is 0 Å². The zero-order valence-corrected chi connectivity index (χ0v) is 36.0. The van der Waals surface area contributed by atoms with E-state index < -0.39 is 28.7 Å². The Kier molecular flexibility index (Phi) is 12.3. The van der Waals surface area contributed by atoms with E-state index in [1.807, 2.05) is 43.3 Å². The normalized spacial score (nSPS) is 15.0. The third-order valence-corrected chi connectivity index (χ3v) is 12.2. The van der Waals surface area contributed by atoms with E-state index >= 15 is 0 Å². The van der Waals surface area contributed by atoms with Gasteiger partial charge in [-0.15, -0.1) is 6.58 Å². The van der Waals surface area contributed by atoms with E-state index in [0.29, 0.717) is 11.1 Å². The molecule has 9 rings (SSSR count). The molecule has 0 saturated carbocycles. The van der Waals surface area contributed by atoms with E-state index in [0.717, 1.165) is 49.9 Å². The van der Waals surface area contributed by atoms with Gasteiger partial charge in [0.15, 0.2) is 11.5 Å². The second-order valence-corrected chi connectivity index (χ2v) is 16.6. The van der Waals surface area contributed by atoms with E-state index in [1.165, 1.54) is 39.6 Å². The molecule has 0 fully saturated rings. The fourth-order valence-electron chi connectivity index (χ4n) is 8.20. The molecule has 0 unspecified atom stereocenters. The van der Waals surface area contributed by atoms with Crippen molar-refractivity contribution < 1.29 is 25.5 Å². The van der Waals surface area contributed by atoms with Crippen LogP contribution in [0.1, 0.15) is 54.2 Å². The SMILES string of the molecule is C=C1/C=C\C(c2c(O)c(O)c(O)c(O)c2O)=C/Sc2c1ccc1c2c2ccc(C)cc2n1-c1ccccc1.C=CC.CC1(C)c2ccccc2-c2cc(C/C=C\C=C/N)ccc21. The molecule has 6 aromatic carbocycles. The number of aryl methyl sites for hydroxylation is 1. The molecule has 0 radical (unpaired) electrons. The van der Waals surface area contributed by atoms with E-state index in [2.05, 4.69) is 123 Å². The number of hydrogen-bond donors (Lipinski definition) is 6. The average molecular weight is 839 g/mol. The number of aromatic hydroxyl groups is 5. The number of phenolic OH excluding ortho intramolecular Hbond substituents is 5. The Morgan fingerprint density at radius 3 is 2.08 bits per heavy atom. The smallest absolute Gasteiger partial charge is 0.208 e. The fourth-order valence-corrected chi connectivity index (χ4v) is 9.30. The fraction of sp³-hybridized carbons (Fsp3) is 0.111. The molecule has 0 atom stereocenters. The first kappa shape index (κ1) is 42.8. The summed E-state index contributed by atoms with van der Waals surface area (Å²) in [5.41, 5.74) is 18.4. The number of hydrogen-bond acceptors (Lipinski definition) is 7. The maximum atomic E-state index is 10.5. The molecule has 7 aromatic rings. The Hall–Kier alpha value is -7.29. The number of nitrogens with two attached hydrogens (primary N) is 1. The second-order valence-electron chi connectivity index (χ2n) is 15.7. The molecule has 1 aliphatic carbocycles. The third kappa shape index (κ3) is 7.77. The summed E-state index contributed by atoms with van der Waals surface area (Å²) in [6, 6.07) is 36.2. The van der Waals surface area contributed by atoms with Crippen LogP contribution in [0.5, 0.6) is 28.7 Å². The predicted molar refractivity (Wildman–Crippen MR) is 258 cm³/mol. The standard InChI is InChI=1S/C31H23NO5S.C20H21N.C3H6/c1-16-8-11-21-23(14-16)32(19-6-4-3-5-7-19)22-13-12-20-17(2)9-10-18(15-38-31(20)25(21)22)24-26(33)28(35)30(37)29(36)27(24)34;1-20(2)18-10-6-5-9-16(18)17-14-15(11-12-19(17)20)8-4-3-7-13-21;1-3-2/h3-15,33-37H,2H2,1H3;3-7,9-14H,8,21H2,1-2H3;3H,1H2,2H3/b10-9-,18-15+;4-3-,13-7-;. The molecule has 0 amide bonds. The van der Waals surface area contributed by atoms with Crippen LogP contribution in [0.25, 0.3) is 49.8 Å². The van der Waals surface area contributed by atoms with E-state index in [4.69, 9.17) is 5.73 Å². The molecular formula is C54H50N2O5S. The molecule has 8 heteroatoms. The minimum atomic E-state index is -0.993. The predicted octanol–water partition coefficient (Wildman–Crippen LogP) is 13.1. The largest absolute Gasteiger partial charge is 0.504 e. The van der Waals surface area contributed by atoms with Crippen molar-refractivity contribution >= 4 is 44.7 Å². The quantitative estimate of drug-likeness (QED) is 0.0440. The number of phenols is 5. The van der Waals surface area contributed by atoms with Crippen LogP contribution in [0.4, 0.5) is 0 Å². The number of para-hydroxylation sites is 1. The monoisotopic (exact) mass is 838 g/mol. The van der Waals surface area contributed by atoms with Crippen LogP contribution >= 0.6 is 11.8 Å². The van der Waals surface area contributed by atoms with Crippen molar-refractivity contribution in [2.75, 3.05) is 0 Å². The molecule has 1 aromatic heterocycles. The Morgan fingerprint density at radius 2 is 1.37 bits per heavy atom. The van der Waals surface area contributed by atoms with E-state index in [9.17, 15) is 25.5 Å². The molecule has 2 aliphatic rings. The van der Waals surface area contributed by atoms with Crippen LogP contribution in [-0.2, 0) is 11.8 Å². The summed E-state index contributed by atoms with van der Waals surface area (Å²) in [4.78, 5) is 0.934. The summed E-state index contributed by atoms with van der Waals surface area (Å²) >= 11 is 1.38. The van der Waals surface area contributed by atoms with Crippen molar-refractivity contribution in [1.82, 2.24) is 4.57 Å². The van der Waals surface area contributed by atoms with Gasteiger partial charge in [0, 0.05) is 26.8 Å². The second kappa shape index (κ2) is 17.7. The highest BCUT2D eigenvalue weighted by atomic mass is 32.2. The molecular weight excluding hydrogens is 789 g/mol. The zero-order valence-electron chi connectivity index (χ0n) is 35.2.